The van der Waals surface area contributed by atoms with E-state index in [1.807, 2.05) is 11.6 Å². The van der Waals surface area contributed by atoms with E-state index in [4.69, 9.17) is 14.7 Å². The fourth-order valence-corrected chi connectivity index (χ4v) is 6.85. The number of carbonyl (C=O) groups is 1. The highest BCUT2D eigenvalue weighted by atomic mass is 16.5. The number of aryl methyl sites for hydroxylation is 1. The number of ether oxygens (including phenoxy) is 1. The summed E-state index contributed by atoms with van der Waals surface area (Å²) in [6.45, 7) is 7.05. The van der Waals surface area contributed by atoms with E-state index in [0.29, 0.717) is 44.6 Å². The van der Waals surface area contributed by atoms with Crippen molar-refractivity contribution in [3.05, 3.63) is 64.9 Å². The summed E-state index contributed by atoms with van der Waals surface area (Å²) in [6.07, 6.45) is 4.10. The van der Waals surface area contributed by atoms with Crippen LogP contribution in [0, 0.1) is 5.41 Å². The van der Waals surface area contributed by atoms with Crippen LogP contribution in [0.2, 0.25) is 0 Å². The second-order valence-corrected chi connectivity index (χ2v) is 12.8. The third kappa shape index (κ3) is 5.34. The molecule has 1 fully saturated rings. The largest absolute Gasteiger partial charge is 0.463 e. The van der Waals surface area contributed by atoms with Crippen LogP contribution in [0.15, 0.2) is 36.4 Å². The molecular formula is C33H41N9O2. The van der Waals surface area contributed by atoms with Crippen LogP contribution in [0.3, 0.4) is 0 Å². The van der Waals surface area contributed by atoms with Crippen LogP contribution in [0.5, 0.6) is 6.01 Å². The van der Waals surface area contributed by atoms with E-state index < -0.39 is 0 Å². The predicted molar refractivity (Wildman–Crippen MR) is 170 cm³/mol. The molecule has 1 saturated carbocycles. The van der Waals surface area contributed by atoms with Crippen molar-refractivity contribution in [3.63, 3.8) is 0 Å². The Morgan fingerprint density at radius 1 is 1.05 bits per heavy atom. The number of nitrogens with one attached hydrogen (secondary N) is 1. The number of rotatable bonds is 10. The zero-order chi connectivity index (χ0) is 30.4. The van der Waals surface area contributed by atoms with Crippen molar-refractivity contribution in [1.29, 1.82) is 0 Å². The molecule has 4 heterocycles. The van der Waals surface area contributed by atoms with Crippen LogP contribution in [0.25, 0.3) is 10.8 Å². The molecule has 1 aliphatic carbocycles. The van der Waals surface area contributed by atoms with Crippen molar-refractivity contribution in [2.75, 3.05) is 57.2 Å². The first-order valence-electron chi connectivity index (χ1n) is 15.7. The summed E-state index contributed by atoms with van der Waals surface area (Å²) < 4.78 is 8.31. The highest BCUT2D eigenvalue weighted by Crippen LogP contribution is 2.46. The number of fused-ring (bicyclic) bond motifs is 3. The fraction of sp³-hybridized carbons (Fsp3) is 0.485. The minimum atomic E-state index is -0.181. The van der Waals surface area contributed by atoms with Gasteiger partial charge in [-0.3, -0.25) is 4.79 Å². The maximum Gasteiger partial charge on any atom is 0.318 e. The number of carbonyl (C=O) groups excluding carboxylic acids is 1. The van der Waals surface area contributed by atoms with E-state index in [1.165, 1.54) is 22.0 Å². The summed E-state index contributed by atoms with van der Waals surface area (Å²) in [6, 6.07) is 13.6. The molecule has 11 nitrogen and oxygen atoms in total. The molecule has 0 radical (unpaired) electrons. The molecular weight excluding hydrogens is 554 g/mol. The van der Waals surface area contributed by atoms with Gasteiger partial charge in [0.2, 0.25) is 5.82 Å². The monoisotopic (exact) mass is 595 g/mol. The SMILES string of the molecule is CCc1cccc2cccc(N3CCc4c(nc(OCC5(CN(C)C)CC5)nc4N(C)Cc4nnc5n4CCNC5=O)C3)c12. The van der Waals surface area contributed by atoms with Crippen LogP contribution in [0.1, 0.15) is 53.0 Å². The minimum absolute atomic E-state index is 0.168. The Bertz CT molecular complexity index is 1710. The summed E-state index contributed by atoms with van der Waals surface area (Å²) >= 11 is 0. The average Bonchev–Trinajstić information content (AvgIpc) is 3.66. The Kier molecular flexibility index (Phi) is 7.36. The molecule has 44 heavy (non-hydrogen) atoms. The zero-order valence-corrected chi connectivity index (χ0v) is 26.1. The van der Waals surface area contributed by atoms with Gasteiger partial charge in [-0.15, -0.1) is 10.2 Å². The lowest BCUT2D eigenvalue weighted by atomic mass is 9.98. The van der Waals surface area contributed by atoms with Crippen LogP contribution < -0.4 is 19.9 Å². The van der Waals surface area contributed by atoms with Crippen LogP contribution in [-0.2, 0) is 32.5 Å². The van der Waals surface area contributed by atoms with Gasteiger partial charge in [-0.1, -0.05) is 37.3 Å². The first-order chi connectivity index (χ1) is 21.3. The van der Waals surface area contributed by atoms with Crippen molar-refractivity contribution in [3.8, 4) is 6.01 Å². The van der Waals surface area contributed by atoms with Gasteiger partial charge >= 0.3 is 6.01 Å². The average molecular weight is 596 g/mol. The lowest BCUT2D eigenvalue weighted by Crippen LogP contribution is -2.37. The van der Waals surface area contributed by atoms with Gasteiger partial charge in [0.05, 0.1) is 25.4 Å². The Balaban J connectivity index is 1.22. The van der Waals surface area contributed by atoms with Crippen molar-refractivity contribution in [2.24, 2.45) is 5.41 Å². The smallest absolute Gasteiger partial charge is 0.318 e. The standard InChI is InChI=1S/C33H41N9O2/c1-5-22-8-6-9-23-10-7-11-26(28(22)23)41-16-12-24-25(18-41)35-32(44-21-33(13-14-33)20-39(2)3)36-29(24)40(4)19-27-37-38-30-31(43)34-15-17-42(27)30/h6-11H,5,12-21H2,1-4H3,(H,34,43). The maximum absolute atomic E-state index is 12.3. The lowest BCUT2D eigenvalue weighted by molar-refractivity contribution is 0.0921. The number of amides is 1. The van der Waals surface area contributed by atoms with E-state index in [2.05, 4.69) is 87.6 Å². The first kappa shape index (κ1) is 28.5. The number of anilines is 2. The van der Waals surface area contributed by atoms with Gasteiger partial charge in [-0.25, -0.2) is 0 Å². The van der Waals surface area contributed by atoms with Crippen molar-refractivity contribution in [2.45, 2.75) is 52.2 Å². The molecule has 2 aromatic carbocycles. The van der Waals surface area contributed by atoms with E-state index in [-0.39, 0.29) is 11.3 Å². The lowest BCUT2D eigenvalue weighted by Gasteiger charge is -2.33. The van der Waals surface area contributed by atoms with Gasteiger partial charge in [0.25, 0.3) is 5.91 Å². The normalized spacial score (nSPS) is 16.9. The molecule has 1 N–H and O–H groups in total. The molecule has 7 rings (SSSR count). The number of hydrogen-bond acceptors (Lipinski definition) is 9. The first-order valence-corrected chi connectivity index (χ1v) is 15.7. The number of benzene rings is 2. The molecule has 0 atom stereocenters. The second-order valence-electron chi connectivity index (χ2n) is 12.8. The Morgan fingerprint density at radius 3 is 2.64 bits per heavy atom. The summed E-state index contributed by atoms with van der Waals surface area (Å²) in [5, 5.41) is 14.0. The molecule has 4 aromatic rings. The molecule has 0 saturated heterocycles. The van der Waals surface area contributed by atoms with Gasteiger partial charge in [-0.2, -0.15) is 9.97 Å². The molecule has 1 amide bonds. The van der Waals surface area contributed by atoms with Crippen molar-refractivity contribution >= 4 is 28.2 Å². The van der Waals surface area contributed by atoms with Gasteiger partial charge in [-0.05, 0) is 56.8 Å². The molecule has 2 aromatic heterocycles. The molecule has 230 valence electrons. The van der Waals surface area contributed by atoms with Crippen LogP contribution in [-0.4, -0.2) is 82.9 Å². The molecule has 3 aliphatic rings. The van der Waals surface area contributed by atoms with Crippen molar-refractivity contribution < 1.29 is 9.53 Å². The number of aromatic nitrogens is 5. The topological polar surface area (TPSA) is 105 Å². The molecule has 0 unspecified atom stereocenters. The minimum Gasteiger partial charge on any atom is -0.463 e. The second kappa shape index (κ2) is 11.4. The quantitative estimate of drug-likeness (QED) is 0.295. The fourth-order valence-electron chi connectivity index (χ4n) is 6.85. The van der Waals surface area contributed by atoms with E-state index >= 15 is 0 Å². The molecule has 2 aliphatic heterocycles. The highest BCUT2D eigenvalue weighted by Gasteiger charge is 2.44. The Morgan fingerprint density at radius 2 is 1.86 bits per heavy atom. The van der Waals surface area contributed by atoms with Gasteiger partial charge < -0.3 is 29.3 Å². The predicted octanol–water partition coefficient (Wildman–Crippen LogP) is 3.45. The number of nitrogens with zero attached hydrogens (tertiary/aromatic N) is 8. The van der Waals surface area contributed by atoms with E-state index in [9.17, 15) is 4.79 Å². The van der Waals surface area contributed by atoms with E-state index in [1.54, 1.807) is 0 Å². The Hall–Kier alpha value is -4.25. The van der Waals surface area contributed by atoms with Crippen LogP contribution in [0.4, 0.5) is 11.5 Å². The Labute approximate surface area is 258 Å². The summed E-state index contributed by atoms with van der Waals surface area (Å²) in [4.78, 5) is 29.1. The summed E-state index contributed by atoms with van der Waals surface area (Å²) in [5.41, 5.74) is 4.91. The number of hydrogen-bond donors (Lipinski definition) is 1. The van der Waals surface area contributed by atoms with Gasteiger partial charge in [0.1, 0.15) is 5.82 Å². The van der Waals surface area contributed by atoms with Gasteiger partial charge in [0.15, 0.2) is 5.82 Å². The highest BCUT2D eigenvalue weighted by molar-refractivity contribution is 5.97. The summed E-state index contributed by atoms with van der Waals surface area (Å²) in [7, 11) is 6.25. The van der Waals surface area contributed by atoms with Crippen LogP contribution >= 0.6 is 0 Å². The third-order valence-corrected chi connectivity index (χ3v) is 9.22. The molecule has 0 bridgehead atoms. The maximum atomic E-state index is 12.3. The zero-order valence-electron chi connectivity index (χ0n) is 26.1. The van der Waals surface area contributed by atoms with Gasteiger partial charge in [0, 0.05) is 55.3 Å². The molecule has 0 spiro atoms. The van der Waals surface area contributed by atoms with E-state index in [0.717, 1.165) is 61.7 Å². The molecule has 11 heteroatoms. The van der Waals surface area contributed by atoms with Crippen molar-refractivity contribution in [1.82, 2.24) is 34.9 Å². The summed E-state index contributed by atoms with van der Waals surface area (Å²) in [5.74, 6) is 1.78. The third-order valence-electron chi connectivity index (χ3n) is 9.22.